The molecular weight excluding hydrogens is 248 g/mol. The maximum absolute atomic E-state index is 11.4. The molecule has 0 aliphatic heterocycles. The van der Waals surface area contributed by atoms with E-state index in [2.05, 4.69) is 26.2 Å². The van der Waals surface area contributed by atoms with Crippen LogP contribution in [0.2, 0.25) is 0 Å². The Labute approximate surface area is 90.5 Å². The number of aromatic nitrogens is 1. The van der Waals surface area contributed by atoms with E-state index in [4.69, 9.17) is 5.11 Å². The van der Waals surface area contributed by atoms with E-state index in [1.165, 1.54) is 0 Å². The van der Waals surface area contributed by atoms with E-state index in [1.807, 2.05) is 0 Å². The van der Waals surface area contributed by atoms with Gasteiger partial charge in [-0.15, -0.1) is 0 Å². The molecule has 1 aromatic rings. The fourth-order valence-electron chi connectivity index (χ4n) is 0.866. The van der Waals surface area contributed by atoms with Gasteiger partial charge in [0.05, 0.1) is 6.10 Å². The summed E-state index contributed by atoms with van der Waals surface area (Å²) in [7, 11) is 0. The highest BCUT2D eigenvalue weighted by Crippen LogP contribution is 2.05. The van der Waals surface area contributed by atoms with Crippen molar-refractivity contribution >= 4 is 21.8 Å². The summed E-state index contributed by atoms with van der Waals surface area (Å²) < 4.78 is 0.613. The summed E-state index contributed by atoms with van der Waals surface area (Å²) in [6.07, 6.45) is -0.550. The summed E-state index contributed by atoms with van der Waals surface area (Å²) in [6.45, 7) is 1.83. The van der Waals surface area contributed by atoms with Crippen molar-refractivity contribution < 1.29 is 9.90 Å². The Kier molecular flexibility index (Phi) is 4.03. The molecule has 0 aromatic carbocycles. The van der Waals surface area contributed by atoms with Crippen LogP contribution in [0.4, 0.5) is 0 Å². The largest absolute Gasteiger partial charge is 0.392 e. The van der Waals surface area contributed by atoms with E-state index in [9.17, 15) is 4.79 Å². The van der Waals surface area contributed by atoms with Crippen LogP contribution in [0, 0.1) is 0 Å². The Hall–Kier alpha value is -0.940. The van der Waals surface area contributed by atoms with E-state index in [0.717, 1.165) is 0 Å². The van der Waals surface area contributed by atoms with Crippen LogP contribution >= 0.6 is 15.9 Å². The van der Waals surface area contributed by atoms with E-state index < -0.39 is 6.10 Å². The van der Waals surface area contributed by atoms with Crippen LogP contribution < -0.4 is 5.32 Å². The van der Waals surface area contributed by atoms with E-state index >= 15 is 0 Å². The minimum absolute atomic E-state index is 0.229. The lowest BCUT2D eigenvalue weighted by atomic mass is 10.3. The van der Waals surface area contributed by atoms with Crippen molar-refractivity contribution in [3.63, 3.8) is 0 Å². The average Bonchev–Trinajstić information content (AvgIpc) is 2.14. The molecule has 0 bridgehead atoms. The van der Waals surface area contributed by atoms with Crippen molar-refractivity contribution in [1.29, 1.82) is 0 Å². The standard InChI is InChI=1S/C9H11BrN2O2/c1-6(13)5-11-9(14)7-3-2-4-8(10)12-7/h2-4,6,13H,5H2,1H3,(H,11,14). The summed E-state index contributed by atoms with van der Waals surface area (Å²) in [6, 6.07) is 5.09. The van der Waals surface area contributed by atoms with Crippen molar-refractivity contribution in [1.82, 2.24) is 10.3 Å². The number of pyridine rings is 1. The zero-order valence-corrected chi connectivity index (χ0v) is 9.28. The normalized spacial score (nSPS) is 12.2. The molecule has 0 fully saturated rings. The van der Waals surface area contributed by atoms with Crippen LogP contribution in [0.3, 0.4) is 0 Å². The molecule has 5 heteroatoms. The fourth-order valence-corrected chi connectivity index (χ4v) is 1.21. The lowest BCUT2D eigenvalue weighted by molar-refractivity contribution is 0.0919. The molecule has 1 rings (SSSR count). The second kappa shape index (κ2) is 5.07. The Morgan fingerprint density at radius 1 is 1.71 bits per heavy atom. The summed E-state index contributed by atoms with van der Waals surface area (Å²) in [5.74, 6) is -0.285. The van der Waals surface area contributed by atoms with Crippen LogP contribution in [0.15, 0.2) is 22.8 Å². The second-order valence-electron chi connectivity index (χ2n) is 2.90. The summed E-state index contributed by atoms with van der Waals surface area (Å²) in [5, 5.41) is 11.5. The van der Waals surface area contributed by atoms with Crippen molar-refractivity contribution in [3.8, 4) is 0 Å². The molecule has 14 heavy (non-hydrogen) atoms. The first kappa shape index (κ1) is 11.1. The Bertz CT molecular complexity index is 328. The molecule has 0 aliphatic rings. The van der Waals surface area contributed by atoms with Crippen molar-refractivity contribution in [2.24, 2.45) is 0 Å². The van der Waals surface area contributed by atoms with Gasteiger partial charge in [0.25, 0.3) is 5.91 Å². The predicted molar refractivity (Wildman–Crippen MR) is 56.0 cm³/mol. The van der Waals surface area contributed by atoms with Crippen molar-refractivity contribution in [2.75, 3.05) is 6.54 Å². The van der Waals surface area contributed by atoms with Gasteiger partial charge in [-0.25, -0.2) is 4.98 Å². The maximum Gasteiger partial charge on any atom is 0.270 e. The molecule has 4 nitrogen and oxygen atoms in total. The second-order valence-corrected chi connectivity index (χ2v) is 3.72. The van der Waals surface area contributed by atoms with Gasteiger partial charge >= 0.3 is 0 Å². The number of halogens is 1. The minimum atomic E-state index is -0.550. The average molecular weight is 259 g/mol. The number of carbonyl (C=O) groups excluding carboxylic acids is 1. The van der Waals surface area contributed by atoms with Gasteiger partial charge in [-0.3, -0.25) is 4.79 Å². The van der Waals surface area contributed by atoms with Crippen LogP contribution in [-0.4, -0.2) is 28.6 Å². The SMILES string of the molecule is CC(O)CNC(=O)c1cccc(Br)n1. The molecule has 0 saturated carbocycles. The number of rotatable bonds is 3. The summed E-state index contributed by atoms with van der Waals surface area (Å²) in [4.78, 5) is 15.4. The van der Waals surface area contributed by atoms with Gasteiger partial charge in [0.15, 0.2) is 0 Å². The molecule has 0 radical (unpaired) electrons. The number of nitrogens with one attached hydrogen (secondary N) is 1. The van der Waals surface area contributed by atoms with E-state index in [0.29, 0.717) is 10.3 Å². The van der Waals surface area contributed by atoms with Crippen molar-refractivity contribution in [3.05, 3.63) is 28.5 Å². The maximum atomic E-state index is 11.4. The number of aliphatic hydroxyl groups excluding tert-OH is 1. The van der Waals surface area contributed by atoms with E-state index in [-0.39, 0.29) is 12.5 Å². The zero-order chi connectivity index (χ0) is 10.6. The Balaban J connectivity index is 2.61. The third-order valence-electron chi connectivity index (χ3n) is 1.51. The minimum Gasteiger partial charge on any atom is -0.392 e. The number of amides is 1. The lowest BCUT2D eigenvalue weighted by Crippen LogP contribution is -2.31. The number of carbonyl (C=O) groups is 1. The smallest absolute Gasteiger partial charge is 0.270 e. The van der Waals surface area contributed by atoms with Crippen LogP contribution in [-0.2, 0) is 0 Å². The van der Waals surface area contributed by atoms with Gasteiger partial charge in [-0.1, -0.05) is 6.07 Å². The first-order valence-corrected chi connectivity index (χ1v) is 4.97. The summed E-state index contributed by atoms with van der Waals surface area (Å²) >= 11 is 3.17. The zero-order valence-electron chi connectivity index (χ0n) is 7.70. The lowest BCUT2D eigenvalue weighted by Gasteiger charge is -2.06. The van der Waals surface area contributed by atoms with Gasteiger partial charge in [-0.05, 0) is 35.0 Å². The monoisotopic (exact) mass is 258 g/mol. The van der Waals surface area contributed by atoms with Gasteiger partial charge < -0.3 is 10.4 Å². The molecule has 1 atom stereocenters. The molecule has 1 amide bonds. The topological polar surface area (TPSA) is 62.2 Å². The highest BCUT2D eigenvalue weighted by Gasteiger charge is 2.07. The highest BCUT2D eigenvalue weighted by atomic mass is 79.9. The Morgan fingerprint density at radius 2 is 2.43 bits per heavy atom. The molecule has 1 heterocycles. The van der Waals surface area contributed by atoms with Crippen molar-refractivity contribution in [2.45, 2.75) is 13.0 Å². The number of hydrogen-bond acceptors (Lipinski definition) is 3. The third kappa shape index (κ3) is 3.43. The van der Waals surface area contributed by atoms with Gasteiger partial charge in [0.2, 0.25) is 0 Å². The number of aliphatic hydroxyl groups is 1. The molecule has 76 valence electrons. The number of hydrogen-bond donors (Lipinski definition) is 2. The third-order valence-corrected chi connectivity index (χ3v) is 1.95. The van der Waals surface area contributed by atoms with Gasteiger partial charge in [-0.2, -0.15) is 0 Å². The number of nitrogens with zero attached hydrogens (tertiary/aromatic N) is 1. The highest BCUT2D eigenvalue weighted by molar-refractivity contribution is 9.10. The molecule has 0 aliphatic carbocycles. The van der Waals surface area contributed by atoms with E-state index in [1.54, 1.807) is 25.1 Å². The molecule has 0 spiro atoms. The molecule has 1 aromatic heterocycles. The molecule has 2 N–H and O–H groups in total. The van der Waals surface area contributed by atoms with Crippen LogP contribution in [0.5, 0.6) is 0 Å². The first-order valence-electron chi connectivity index (χ1n) is 4.18. The fraction of sp³-hybridized carbons (Fsp3) is 0.333. The van der Waals surface area contributed by atoms with Gasteiger partial charge in [0.1, 0.15) is 10.3 Å². The summed E-state index contributed by atoms with van der Waals surface area (Å²) in [5.41, 5.74) is 0.333. The molecule has 0 saturated heterocycles. The Morgan fingerprint density at radius 3 is 3.00 bits per heavy atom. The quantitative estimate of drug-likeness (QED) is 0.794. The predicted octanol–water partition coefficient (Wildman–Crippen LogP) is 0.955. The first-order chi connectivity index (χ1) is 6.59. The van der Waals surface area contributed by atoms with Crippen LogP contribution in [0.1, 0.15) is 17.4 Å². The molecular formula is C9H11BrN2O2. The molecule has 1 unspecified atom stereocenters. The van der Waals surface area contributed by atoms with Gasteiger partial charge in [0, 0.05) is 6.54 Å². The van der Waals surface area contributed by atoms with Crippen LogP contribution in [0.25, 0.3) is 0 Å².